The van der Waals surface area contributed by atoms with E-state index in [0.29, 0.717) is 0 Å². The molecule has 0 saturated carbocycles. The number of hydrogen-bond donors (Lipinski definition) is 4. The molecule has 0 bridgehead atoms. The molecule has 9 nitrogen and oxygen atoms in total. The Morgan fingerprint density at radius 2 is 1.57 bits per heavy atom. The van der Waals surface area contributed by atoms with Crippen molar-refractivity contribution in [3.63, 3.8) is 0 Å². The van der Waals surface area contributed by atoms with Crippen molar-refractivity contribution in [2.75, 3.05) is 13.2 Å². The molecule has 1 aliphatic rings. The molecule has 4 N–H and O–H groups in total. The molecule has 0 spiro atoms. The van der Waals surface area contributed by atoms with Crippen LogP contribution < -0.4 is 5.32 Å². The summed E-state index contributed by atoms with van der Waals surface area (Å²) in [5.74, 6) is -1.78. The zero-order valence-corrected chi connectivity index (χ0v) is 13.3. The van der Waals surface area contributed by atoms with E-state index in [2.05, 4.69) is 5.32 Å². The average molecular weight is 333 g/mol. The summed E-state index contributed by atoms with van der Waals surface area (Å²) in [6.45, 7) is 4.82. The third kappa shape index (κ3) is 4.90. The number of carbonyl (C=O) groups excluding carboxylic acids is 2. The summed E-state index contributed by atoms with van der Waals surface area (Å²) in [5.41, 5.74) is -0.405. The SMILES string of the molecule is CCOC(=O)C(=CN[C@H]1O[C@@H](C)[C@H](O)[C@@H](O)[C@H]1O)C(=O)OCC. The monoisotopic (exact) mass is 333 g/mol. The van der Waals surface area contributed by atoms with Gasteiger partial charge in [0, 0.05) is 6.20 Å². The van der Waals surface area contributed by atoms with Crippen molar-refractivity contribution in [2.45, 2.75) is 51.4 Å². The molecule has 0 aromatic carbocycles. The second-order valence-corrected chi connectivity index (χ2v) is 4.90. The predicted octanol–water partition coefficient (Wildman–Crippen LogP) is -1.59. The number of nitrogens with one attached hydrogen (secondary N) is 1. The Morgan fingerprint density at radius 1 is 1.04 bits per heavy atom. The minimum absolute atomic E-state index is 0.0695. The van der Waals surface area contributed by atoms with Gasteiger partial charge in [0.15, 0.2) is 11.8 Å². The molecule has 132 valence electrons. The van der Waals surface area contributed by atoms with Crippen molar-refractivity contribution in [3.8, 4) is 0 Å². The van der Waals surface area contributed by atoms with Gasteiger partial charge in [-0.2, -0.15) is 0 Å². The van der Waals surface area contributed by atoms with Crippen LogP contribution in [-0.2, 0) is 23.8 Å². The summed E-state index contributed by atoms with van der Waals surface area (Å²) in [5, 5.41) is 31.7. The fourth-order valence-electron chi connectivity index (χ4n) is 1.97. The lowest BCUT2D eigenvalue weighted by atomic mass is 9.99. The number of ether oxygens (including phenoxy) is 3. The normalized spacial score (nSPS) is 30.3. The highest BCUT2D eigenvalue weighted by Gasteiger charge is 2.41. The standard InChI is InChI=1S/C14H23NO8/c1-4-21-13(19)8(14(20)22-5-2)6-15-12-11(18)10(17)9(16)7(3)23-12/h6-7,9-12,15-18H,4-5H2,1-3H3/t7-,9-,10+,11+,12-/m0/s1. The van der Waals surface area contributed by atoms with Gasteiger partial charge in [0.25, 0.3) is 0 Å². The number of esters is 2. The molecule has 1 heterocycles. The Hall–Kier alpha value is -1.68. The summed E-state index contributed by atoms with van der Waals surface area (Å²) in [6.07, 6.45) is -5.01. The highest BCUT2D eigenvalue weighted by Crippen LogP contribution is 2.19. The van der Waals surface area contributed by atoms with Crippen LogP contribution in [0, 0.1) is 0 Å². The summed E-state index contributed by atoms with van der Waals surface area (Å²) < 4.78 is 14.8. The lowest BCUT2D eigenvalue weighted by Gasteiger charge is -2.39. The van der Waals surface area contributed by atoms with Crippen LogP contribution in [0.5, 0.6) is 0 Å². The lowest BCUT2D eigenvalue weighted by molar-refractivity contribution is -0.222. The molecule has 0 amide bonds. The maximum Gasteiger partial charge on any atom is 0.347 e. The van der Waals surface area contributed by atoms with Crippen molar-refractivity contribution in [1.29, 1.82) is 0 Å². The Balaban J connectivity index is 2.86. The number of carbonyl (C=O) groups is 2. The summed E-state index contributed by atoms with van der Waals surface area (Å²) >= 11 is 0. The van der Waals surface area contributed by atoms with Gasteiger partial charge in [-0.05, 0) is 20.8 Å². The Labute approximate surface area is 133 Å². The van der Waals surface area contributed by atoms with Crippen LogP contribution in [0.4, 0.5) is 0 Å². The Morgan fingerprint density at radius 3 is 2.04 bits per heavy atom. The first-order valence-corrected chi connectivity index (χ1v) is 7.33. The van der Waals surface area contributed by atoms with Crippen LogP contribution in [0.1, 0.15) is 20.8 Å². The van der Waals surface area contributed by atoms with Gasteiger partial charge < -0.3 is 34.8 Å². The van der Waals surface area contributed by atoms with E-state index in [1.165, 1.54) is 6.92 Å². The minimum atomic E-state index is -1.46. The predicted molar refractivity (Wildman–Crippen MR) is 76.8 cm³/mol. The number of aliphatic hydroxyl groups is 3. The lowest BCUT2D eigenvalue weighted by Crippen LogP contribution is -2.60. The van der Waals surface area contributed by atoms with Gasteiger partial charge in [-0.25, -0.2) is 9.59 Å². The minimum Gasteiger partial charge on any atom is -0.462 e. The van der Waals surface area contributed by atoms with Gasteiger partial charge in [0.2, 0.25) is 0 Å². The van der Waals surface area contributed by atoms with Crippen molar-refractivity contribution in [1.82, 2.24) is 5.32 Å². The van der Waals surface area contributed by atoms with E-state index in [1.807, 2.05) is 0 Å². The van der Waals surface area contributed by atoms with E-state index in [0.717, 1.165) is 6.20 Å². The third-order valence-electron chi connectivity index (χ3n) is 3.23. The molecule has 0 aliphatic carbocycles. The largest absolute Gasteiger partial charge is 0.462 e. The van der Waals surface area contributed by atoms with Gasteiger partial charge in [-0.15, -0.1) is 0 Å². The first kappa shape index (κ1) is 19.4. The molecule has 1 fully saturated rings. The molecule has 0 radical (unpaired) electrons. The van der Waals surface area contributed by atoms with Crippen LogP contribution in [0.25, 0.3) is 0 Å². The highest BCUT2D eigenvalue weighted by atomic mass is 16.6. The highest BCUT2D eigenvalue weighted by molar-refractivity contribution is 6.13. The maximum atomic E-state index is 11.8. The van der Waals surface area contributed by atoms with Crippen LogP contribution in [0.15, 0.2) is 11.8 Å². The number of rotatable bonds is 6. The molecule has 0 aromatic rings. The first-order valence-electron chi connectivity index (χ1n) is 7.33. The number of aliphatic hydroxyl groups excluding tert-OH is 3. The second-order valence-electron chi connectivity index (χ2n) is 4.90. The third-order valence-corrected chi connectivity index (χ3v) is 3.23. The molecule has 1 aliphatic heterocycles. The van der Waals surface area contributed by atoms with Gasteiger partial charge in [-0.3, -0.25) is 0 Å². The smallest absolute Gasteiger partial charge is 0.347 e. The van der Waals surface area contributed by atoms with E-state index in [9.17, 15) is 24.9 Å². The van der Waals surface area contributed by atoms with Gasteiger partial charge in [-0.1, -0.05) is 0 Å². The molecular weight excluding hydrogens is 310 g/mol. The molecule has 5 atom stereocenters. The van der Waals surface area contributed by atoms with Crippen LogP contribution in [0.3, 0.4) is 0 Å². The van der Waals surface area contributed by atoms with E-state index in [4.69, 9.17) is 14.2 Å². The zero-order chi connectivity index (χ0) is 17.6. The van der Waals surface area contributed by atoms with Gasteiger partial charge in [0.1, 0.15) is 18.3 Å². The molecule has 9 heteroatoms. The number of hydrogen-bond acceptors (Lipinski definition) is 9. The van der Waals surface area contributed by atoms with Gasteiger partial charge in [0.05, 0.1) is 19.3 Å². The first-order chi connectivity index (χ1) is 10.8. The summed E-state index contributed by atoms with van der Waals surface area (Å²) in [7, 11) is 0. The maximum absolute atomic E-state index is 11.8. The molecule has 0 unspecified atom stereocenters. The van der Waals surface area contributed by atoms with Crippen molar-refractivity contribution < 1.29 is 39.1 Å². The topological polar surface area (TPSA) is 135 Å². The molecular formula is C14H23NO8. The van der Waals surface area contributed by atoms with E-state index in [1.54, 1.807) is 13.8 Å². The quantitative estimate of drug-likeness (QED) is 0.196. The fraction of sp³-hybridized carbons (Fsp3) is 0.714. The van der Waals surface area contributed by atoms with Gasteiger partial charge >= 0.3 is 11.9 Å². The van der Waals surface area contributed by atoms with E-state index < -0.39 is 48.2 Å². The van der Waals surface area contributed by atoms with E-state index >= 15 is 0 Å². The molecule has 23 heavy (non-hydrogen) atoms. The zero-order valence-electron chi connectivity index (χ0n) is 13.3. The molecule has 1 saturated heterocycles. The Bertz CT molecular complexity index is 432. The molecule has 1 rings (SSSR count). The second kappa shape index (κ2) is 8.82. The van der Waals surface area contributed by atoms with Crippen LogP contribution in [0.2, 0.25) is 0 Å². The molecule has 0 aromatic heterocycles. The summed E-state index contributed by atoms with van der Waals surface area (Å²) in [6, 6.07) is 0. The van der Waals surface area contributed by atoms with Crippen LogP contribution in [-0.4, -0.2) is 71.1 Å². The fourth-order valence-corrected chi connectivity index (χ4v) is 1.97. The Kier molecular flexibility index (Phi) is 7.43. The summed E-state index contributed by atoms with van der Waals surface area (Å²) in [4.78, 5) is 23.5. The van der Waals surface area contributed by atoms with Crippen molar-refractivity contribution in [3.05, 3.63) is 11.8 Å². The van der Waals surface area contributed by atoms with Crippen molar-refractivity contribution in [2.24, 2.45) is 0 Å². The van der Waals surface area contributed by atoms with Crippen molar-refractivity contribution >= 4 is 11.9 Å². The van der Waals surface area contributed by atoms with Crippen LogP contribution >= 0.6 is 0 Å². The average Bonchev–Trinajstić information content (AvgIpc) is 2.50. The van der Waals surface area contributed by atoms with E-state index in [-0.39, 0.29) is 13.2 Å².